The molecule has 0 aromatic rings. The number of alkyl halides is 1. The Morgan fingerprint density at radius 3 is 2.27 bits per heavy atom. The second-order valence-corrected chi connectivity index (χ2v) is 3.63. The molecule has 3 heteroatoms. The molecule has 0 heterocycles. The van der Waals surface area contributed by atoms with Gasteiger partial charge in [-0.2, -0.15) is 0 Å². The highest BCUT2D eigenvalue weighted by Crippen LogP contribution is 2.15. The molecule has 0 bridgehead atoms. The first-order chi connectivity index (χ1) is 4.84. The van der Waals surface area contributed by atoms with Crippen LogP contribution in [0.4, 0.5) is 4.39 Å². The summed E-state index contributed by atoms with van der Waals surface area (Å²) >= 11 is 0. The van der Waals surface area contributed by atoms with Gasteiger partial charge in [0, 0.05) is 0 Å². The average molecular weight is 162 g/mol. The van der Waals surface area contributed by atoms with E-state index in [2.05, 4.69) is 4.74 Å². The molecule has 0 rings (SSSR count). The van der Waals surface area contributed by atoms with E-state index in [1.54, 1.807) is 20.8 Å². The maximum absolute atomic E-state index is 12.2. The van der Waals surface area contributed by atoms with Crippen LogP contribution in [0.15, 0.2) is 0 Å². The van der Waals surface area contributed by atoms with Crippen LogP contribution in [0, 0.1) is 5.41 Å². The maximum Gasteiger partial charge on any atom is 0.311 e. The zero-order chi connectivity index (χ0) is 9.07. The van der Waals surface area contributed by atoms with E-state index in [9.17, 15) is 9.18 Å². The highest BCUT2D eigenvalue weighted by Gasteiger charge is 2.23. The highest BCUT2D eigenvalue weighted by molar-refractivity contribution is 5.75. The molecule has 2 nitrogen and oxygen atoms in total. The molecule has 0 aliphatic heterocycles. The van der Waals surface area contributed by atoms with Gasteiger partial charge < -0.3 is 4.74 Å². The zero-order valence-electron chi connectivity index (χ0n) is 7.48. The number of halogens is 1. The van der Waals surface area contributed by atoms with E-state index >= 15 is 0 Å². The molecule has 0 N–H and O–H groups in total. The summed E-state index contributed by atoms with van der Waals surface area (Å²) in [7, 11) is 0. The fourth-order valence-corrected chi connectivity index (χ4v) is 0.407. The minimum absolute atomic E-state index is 0.143. The zero-order valence-corrected chi connectivity index (χ0v) is 7.48. The Kier molecular flexibility index (Phi) is 3.49. The Balaban J connectivity index is 3.71. The smallest absolute Gasteiger partial charge is 0.311 e. The van der Waals surface area contributed by atoms with Gasteiger partial charge in [0.15, 0.2) is 0 Å². The fourth-order valence-electron chi connectivity index (χ4n) is 0.407. The lowest BCUT2D eigenvalue weighted by atomic mass is 9.97. The molecule has 0 aromatic heterocycles. The van der Waals surface area contributed by atoms with Crippen molar-refractivity contribution in [1.29, 1.82) is 0 Å². The molecule has 0 aliphatic carbocycles. The fraction of sp³-hybridized carbons (Fsp3) is 0.875. The van der Waals surface area contributed by atoms with Gasteiger partial charge in [-0.3, -0.25) is 4.79 Å². The van der Waals surface area contributed by atoms with Crippen LogP contribution in [0.5, 0.6) is 0 Å². The van der Waals surface area contributed by atoms with Crippen molar-refractivity contribution in [2.45, 2.75) is 33.9 Å². The van der Waals surface area contributed by atoms with Crippen molar-refractivity contribution in [1.82, 2.24) is 0 Å². The van der Waals surface area contributed by atoms with E-state index in [-0.39, 0.29) is 12.6 Å². The molecular weight excluding hydrogens is 147 g/mol. The summed E-state index contributed by atoms with van der Waals surface area (Å²) in [6.45, 7) is 6.42. The third-order valence-corrected chi connectivity index (χ3v) is 1.06. The van der Waals surface area contributed by atoms with Crippen LogP contribution >= 0.6 is 0 Å². The van der Waals surface area contributed by atoms with Crippen molar-refractivity contribution < 1.29 is 13.9 Å². The van der Waals surface area contributed by atoms with Gasteiger partial charge >= 0.3 is 5.97 Å². The lowest BCUT2D eigenvalue weighted by Gasteiger charge is -2.16. The minimum Gasteiger partial charge on any atom is -0.462 e. The standard InChI is InChI=1S/C8H15FO2/c1-6(9)5-11-7(10)8(2,3)4/h6H,5H2,1-4H3. The quantitative estimate of drug-likeness (QED) is 0.580. The summed E-state index contributed by atoms with van der Waals surface area (Å²) in [5, 5.41) is 0. The van der Waals surface area contributed by atoms with Crippen LogP contribution in [-0.4, -0.2) is 18.7 Å². The molecule has 1 unspecified atom stereocenters. The van der Waals surface area contributed by atoms with E-state index in [4.69, 9.17) is 0 Å². The second-order valence-electron chi connectivity index (χ2n) is 3.63. The van der Waals surface area contributed by atoms with E-state index in [1.807, 2.05) is 0 Å². The van der Waals surface area contributed by atoms with Gasteiger partial charge in [-0.1, -0.05) is 0 Å². The molecule has 66 valence electrons. The van der Waals surface area contributed by atoms with Crippen LogP contribution in [0.3, 0.4) is 0 Å². The normalized spacial score (nSPS) is 14.3. The van der Waals surface area contributed by atoms with Crippen molar-refractivity contribution >= 4 is 5.97 Å². The molecule has 0 radical (unpaired) electrons. The molecule has 0 aromatic carbocycles. The topological polar surface area (TPSA) is 26.3 Å². The Labute approximate surface area is 66.7 Å². The summed E-state index contributed by atoms with van der Waals surface area (Å²) in [4.78, 5) is 11.0. The SMILES string of the molecule is CC(F)COC(=O)C(C)(C)C. The number of hydrogen-bond donors (Lipinski definition) is 0. The summed E-state index contributed by atoms with van der Waals surface area (Å²) in [5.41, 5.74) is -0.533. The molecular formula is C8H15FO2. The molecule has 0 amide bonds. The van der Waals surface area contributed by atoms with Gasteiger partial charge in [0.1, 0.15) is 12.8 Å². The Bertz CT molecular complexity index is 136. The second kappa shape index (κ2) is 3.69. The number of rotatable bonds is 2. The van der Waals surface area contributed by atoms with Gasteiger partial charge in [-0.25, -0.2) is 4.39 Å². The van der Waals surface area contributed by atoms with Crippen LogP contribution < -0.4 is 0 Å². The number of carbonyl (C=O) groups excluding carboxylic acids is 1. The van der Waals surface area contributed by atoms with Crippen molar-refractivity contribution in [3.05, 3.63) is 0 Å². The average Bonchev–Trinajstić information content (AvgIpc) is 1.80. The molecule has 0 fully saturated rings. The lowest BCUT2D eigenvalue weighted by Crippen LogP contribution is -2.25. The molecule has 0 saturated heterocycles. The van der Waals surface area contributed by atoms with Crippen molar-refractivity contribution in [3.8, 4) is 0 Å². The monoisotopic (exact) mass is 162 g/mol. The van der Waals surface area contributed by atoms with Gasteiger partial charge in [0.2, 0.25) is 0 Å². The summed E-state index contributed by atoms with van der Waals surface area (Å²) in [6.07, 6.45) is -1.08. The summed E-state index contributed by atoms with van der Waals surface area (Å²) in [5.74, 6) is -0.359. The molecule has 0 saturated carbocycles. The van der Waals surface area contributed by atoms with Crippen LogP contribution in [-0.2, 0) is 9.53 Å². The largest absolute Gasteiger partial charge is 0.462 e. The first kappa shape index (κ1) is 10.4. The van der Waals surface area contributed by atoms with Gasteiger partial charge in [0.25, 0.3) is 0 Å². The van der Waals surface area contributed by atoms with E-state index < -0.39 is 11.6 Å². The molecule has 0 spiro atoms. The number of hydrogen-bond acceptors (Lipinski definition) is 2. The predicted molar refractivity (Wildman–Crippen MR) is 41.0 cm³/mol. The number of esters is 1. The van der Waals surface area contributed by atoms with E-state index in [0.29, 0.717) is 0 Å². The third-order valence-electron chi connectivity index (χ3n) is 1.06. The molecule has 11 heavy (non-hydrogen) atoms. The first-order valence-electron chi connectivity index (χ1n) is 3.65. The highest BCUT2D eigenvalue weighted by atomic mass is 19.1. The summed E-state index contributed by atoms with van der Waals surface area (Å²) in [6, 6.07) is 0. The van der Waals surface area contributed by atoms with Crippen molar-refractivity contribution in [3.63, 3.8) is 0 Å². The maximum atomic E-state index is 12.2. The summed E-state index contributed by atoms with van der Waals surface area (Å²) < 4.78 is 16.8. The lowest BCUT2D eigenvalue weighted by molar-refractivity contribution is -0.154. The molecule has 0 aliphatic rings. The Morgan fingerprint density at radius 2 is 2.00 bits per heavy atom. The van der Waals surface area contributed by atoms with Crippen LogP contribution in [0.2, 0.25) is 0 Å². The predicted octanol–water partition coefficient (Wildman–Crippen LogP) is 1.93. The first-order valence-corrected chi connectivity index (χ1v) is 3.65. The van der Waals surface area contributed by atoms with E-state index in [0.717, 1.165) is 0 Å². The minimum atomic E-state index is -1.08. The third kappa shape index (κ3) is 4.76. The van der Waals surface area contributed by atoms with Gasteiger partial charge in [-0.05, 0) is 27.7 Å². The number of carbonyl (C=O) groups is 1. The Hall–Kier alpha value is -0.600. The van der Waals surface area contributed by atoms with Crippen molar-refractivity contribution in [2.24, 2.45) is 5.41 Å². The molecule has 1 atom stereocenters. The van der Waals surface area contributed by atoms with Crippen molar-refractivity contribution in [2.75, 3.05) is 6.61 Å². The van der Waals surface area contributed by atoms with Gasteiger partial charge in [-0.15, -0.1) is 0 Å². The van der Waals surface area contributed by atoms with E-state index in [1.165, 1.54) is 6.92 Å². The van der Waals surface area contributed by atoms with Crippen LogP contribution in [0.1, 0.15) is 27.7 Å². The Morgan fingerprint density at radius 1 is 1.55 bits per heavy atom. The van der Waals surface area contributed by atoms with Gasteiger partial charge in [0.05, 0.1) is 5.41 Å². The number of ether oxygens (including phenoxy) is 1. The van der Waals surface area contributed by atoms with Crippen LogP contribution in [0.25, 0.3) is 0 Å².